The Bertz CT molecular complexity index is 548. The molecule has 0 amide bonds. The number of carbonyl (C=O) groups is 1. The third-order valence-electron chi connectivity index (χ3n) is 7.26. The summed E-state index contributed by atoms with van der Waals surface area (Å²) in [6, 6.07) is 0. The second kappa shape index (κ2) is 4.69. The van der Waals surface area contributed by atoms with E-state index in [0.717, 1.165) is 30.6 Å². The van der Waals surface area contributed by atoms with Gasteiger partial charge in [-0.2, -0.15) is 0 Å². The maximum absolute atomic E-state index is 11.9. The van der Waals surface area contributed by atoms with E-state index >= 15 is 0 Å². The Hall–Kier alpha value is -0.120. The topological polar surface area (TPSA) is 17.1 Å². The Kier molecular flexibility index (Phi) is 3.23. The van der Waals surface area contributed by atoms with E-state index in [1.807, 2.05) is 6.08 Å². The van der Waals surface area contributed by atoms with Gasteiger partial charge in [-0.3, -0.25) is 4.79 Å². The second-order valence-corrected chi connectivity index (χ2v) is 9.75. The molecule has 0 aliphatic heterocycles. The molecule has 4 aliphatic rings. The van der Waals surface area contributed by atoms with Gasteiger partial charge in [0.1, 0.15) is 0 Å². The zero-order chi connectivity index (χ0) is 14.8. The van der Waals surface area contributed by atoms with Crippen LogP contribution in [-0.4, -0.2) is 9.71 Å². The van der Waals surface area contributed by atoms with E-state index in [9.17, 15) is 4.79 Å². The van der Waals surface area contributed by atoms with Crippen LogP contribution in [0.15, 0.2) is 23.8 Å². The predicted octanol–water partition coefficient (Wildman–Crippen LogP) is 5.10. The summed E-state index contributed by atoms with van der Waals surface area (Å²) in [6.07, 6.45) is 14.1. The third-order valence-corrected chi connectivity index (χ3v) is 8.44. The Labute approximate surface area is 141 Å². The molecule has 4 rings (SSSR count). The van der Waals surface area contributed by atoms with Crippen LogP contribution in [0.1, 0.15) is 52.4 Å². The monoisotopic (exact) mass is 396 g/mol. The van der Waals surface area contributed by atoms with Gasteiger partial charge in [0.2, 0.25) is 0 Å². The summed E-state index contributed by atoms with van der Waals surface area (Å²) in [7, 11) is 0. The van der Waals surface area contributed by atoms with E-state index in [-0.39, 0.29) is 0 Å². The minimum atomic E-state index is 0.298. The van der Waals surface area contributed by atoms with Crippen molar-refractivity contribution in [3.8, 4) is 0 Å². The van der Waals surface area contributed by atoms with Crippen LogP contribution in [0.5, 0.6) is 0 Å². The highest BCUT2D eigenvalue weighted by Crippen LogP contribution is 2.64. The van der Waals surface area contributed by atoms with Gasteiger partial charge in [0.05, 0.1) is 0 Å². The molecule has 0 aromatic heterocycles. The van der Waals surface area contributed by atoms with Crippen molar-refractivity contribution in [2.45, 2.75) is 56.3 Å². The minimum absolute atomic E-state index is 0.298. The predicted molar refractivity (Wildman–Crippen MR) is 94.4 cm³/mol. The number of alkyl halides is 1. The zero-order valence-corrected chi connectivity index (χ0v) is 15.2. The number of halogens is 1. The van der Waals surface area contributed by atoms with Crippen molar-refractivity contribution in [2.75, 3.05) is 0 Å². The van der Waals surface area contributed by atoms with Crippen LogP contribution in [0.25, 0.3) is 0 Å². The average Bonchev–Trinajstić information content (AvgIpc) is 2.83. The fourth-order valence-electron chi connectivity index (χ4n) is 6.04. The van der Waals surface area contributed by atoms with E-state index in [1.165, 1.54) is 31.3 Å². The molecule has 0 spiro atoms. The van der Waals surface area contributed by atoms with Crippen molar-refractivity contribution >= 4 is 28.4 Å². The highest BCUT2D eigenvalue weighted by Gasteiger charge is 2.56. The summed E-state index contributed by atoms with van der Waals surface area (Å²) in [5, 5.41) is 0. The summed E-state index contributed by atoms with van der Waals surface area (Å²) in [4.78, 5) is 11.9. The maximum atomic E-state index is 11.9. The van der Waals surface area contributed by atoms with Crippen LogP contribution in [0.4, 0.5) is 0 Å². The number of ketones is 1. The number of rotatable bonds is 0. The zero-order valence-electron chi connectivity index (χ0n) is 13.1. The molecule has 0 aromatic rings. The summed E-state index contributed by atoms with van der Waals surface area (Å²) in [6.45, 7) is 4.95. The normalized spacial score (nSPS) is 52.0. The van der Waals surface area contributed by atoms with Crippen molar-refractivity contribution in [1.29, 1.82) is 0 Å². The fourth-order valence-corrected chi connectivity index (χ4v) is 7.52. The average molecular weight is 396 g/mol. The Morgan fingerprint density at radius 1 is 1.24 bits per heavy atom. The van der Waals surface area contributed by atoms with Crippen molar-refractivity contribution in [3.63, 3.8) is 0 Å². The van der Waals surface area contributed by atoms with Crippen LogP contribution in [0, 0.1) is 28.6 Å². The lowest BCUT2D eigenvalue weighted by atomic mass is 9.47. The molecule has 0 aromatic carbocycles. The highest BCUT2D eigenvalue weighted by atomic mass is 127. The van der Waals surface area contributed by atoms with Gasteiger partial charge in [0.15, 0.2) is 5.78 Å². The molecular formula is C19H25IO. The van der Waals surface area contributed by atoms with Gasteiger partial charge in [0.25, 0.3) is 0 Å². The molecule has 6 unspecified atom stereocenters. The van der Waals surface area contributed by atoms with Gasteiger partial charge in [-0.15, -0.1) is 0 Å². The molecule has 0 radical (unpaired) electrons. The summed E-state index contributed by atoms with van der Waals surface area (Å²) >= 11 is 2.62. The standard InChI is InChI=1S/C19H25IO/c1-18-7-3-4-14(18)13-11-17(20)16-10-12(21)5-9-19(16,2)15(13)6-8-18/h3,7,10,13-15,17H,4-6,8-9,11H2,1-2H3. The van der Waals surface area contributed by atoms with E-state index in [2.05, 4.69) is 48.6 Å². The van der Waals surface area contributed by atoms with Crippen LogP contribution >= 0.6 is 22.6 Å². The molecule has 0 bridgehead atoms. The van der Waals surface area contributed by atoms with Crippen LogP contribution in [0.2, 0.25) is 0 Å². The third kappa shape index (κ3) is 1.96. The number of hydrogen-bond donors (Lipinski definition) is 0. The molecule has 0 heterocycles. The van der Waals surface area contributed by atoms with Gasteiger partial charge in [-0.25, -0.2) is 0 Å². The number of allylic oxidation sites excluding steroid dienone is 4. The highest BCUT2D eigenvalue weighted by molar-refractivity contribution is 14.1. The van der Waals surface area contributed by atoms with Gasteiger partial charge in [0, 0.05) is 10.3 Å². The van der Waals surface area contributed by atoms with Gasteiger partial charge in [-0.05, 0) is 72.3 Å². The van der Waals surface area contributed by atoms with Crippen LogP contribution in [0.3, 0.4) is 0 Å². The smallest absolute Gasteiger partial charge is 0.155 e. The first-order chi connectivity index (χ1) is 9.94. The van der Waals surface area contributed by atoms with Gasteiger partial charge >= 0.3 is 0 Å². The molecule has 2 fully saturated rings. The quantitative estimate of drug-likeness (QED) is 0.316. The summed E-state index contributed by atoms with van der Waals surface area (Å²) in [5.41, 5.74) is 2.24. The molecule has 4 aliphatic carbocycles. The maximum Gasteiger partial charge on any atom is 0.155 e. The lowest BCUT2D eigenvalue weighted by molar-refractivity contribution is -0.117. The van der Waals surface area contributed by atoms with Crippen LogP contribution < -0.4 is 0 Å². The first kappa shape index (κ1) is 14.5. The Morgan fingerprint density at radius 3 is 2.86 bits per heavy atom. The van der Waals surface area contributed by atoms with E-state index < -0.39 is 0 Å². The van der Waals surface area contributed by atoms with Crippen molar-refractivity contribution in [3.05, 3.63) is 23.8 Å². The van der Waals surface area contributed by atoms with Crippen molar-refractivity contribution < 1.29 is 4.79 Å². The molecule has 1 nitrogen and oxygen atoms in total. The number of fused-ring (bicyclic) bond motifs is 5. The first-order valence-electron chi connectivity index (χ1n) is 8.51. The molecular weight excluding hydrogens is 371 g/mol. The SMILES string of the molecule is CC12C=CCC1C1CC(I)C3=CC(=O)CCC3(C)C1CC2. The summed E-state index contributed by atoms with van der Waals surface area (Å²) < 4.78 is 0.570. The molecule has 0 N–H and O–H groups in total. The minimum Gasteiger partial charge on any atom is -0.295 e. The fraction of sp³-hybridized carbons (Fsp3) is 0.737. The van der Waals surface area contributed by atoms with Gasteiger partial charge < -0.3 is 0 Å². The molecule has 0 saturated heterocycles. The van der Waals surface area contributed by atoms with Gasteiger partial charge in [-0.1, -0.05) is 48.6 Å². The van der Waals surface area contributed by atoms with E-state index in [1.54, 1.807) is 0 Å². The Balaban J connectivity index is 1.74. The van der Waals surface area contributed by atoms with E-state index in [0.29, 0.717) is 20.5 Å². The molecule has 2 heteroatoms. The lowest BCUT2D eigenvalue weighted by Gasteiger charge is -2.58. The number of hydrogen-bond acceptors (Lipinski definition) is 1. The molecule has 114 valence electrons. The second-order valence-electron chi connectivity index (χ2n) is 8.25. The van der Waals surface area contributed by atoms with Crippen LogP contribution in [-0.2, 0) is 4.79 Å². The lowest BCUT2D eigenvalue weighted by Crippen LogP contribution is -2.52. The molecule has 21 heavy (non-hydrogen) atoms. The van der Waals surface area contributed by atoms with Crippen molar-refractivity contribution in [2.24, 2.45) is 28.6 Å². The van der Waals surface area contributed by atoms with Crippen molar-refractivity contribution in [1.82, 2.24) is 0 Å². The molecule has 6 atom stereocenters. The first-order valence-corrected chi connectivity index (χ1v) is 9.75. The van der Waals surface area contributed by atoms with E-state index in [4.69, 9.17) is 0 Å². The Morgan fingerprint density at radius 2 is 2.05 bits per heavy atom. The number of carbonyl (C=O) groups excluding carboxylic acids is 1. The molecule has 2 saturated carbocycles. The summed E-state index contributed by atoms with van der Waals surface area (Å²) in [5.74, 6) is 2.88. The largest absolute Gasteiger partial charge is 0.295 e.